The third-order valence-electron chi connectivity index (χ3n) is 4.46. The summed E-state index contributed by atoms with van der Waals surface area (Å²) in [6.45, 7) is 8.85. The number of nitrogens with one attached hydrogen (secondary N) is 1. The molecule has 1 fully saturated rings. The molecule has 25 heavy (non-hydrogen) atoms. The average Bonchev–Trinajstić information content (AvgIpc) is 3.08. The number of nitrogens with zero attached hydrogens (tertiary/aromatic N) is 1. The van der Waals surface area contributed by atoms with Crippen molar-refractivity contribution in [3.8, 4) is 11.5 Å². The van der Waals surface area contributed by atoms with E-state index in [1.165, 1.54) is 0 Å². The summed E-state index contributed by atoms with van der Waals surface area (Å²) >= 11 is 1.67. The van der Waals surface area contributed by atoms with Crippen LogP contribution in [-0.4, -0.2) is 56.0 Å². The Labute approximate surface area is 153 Å². The summed E-state index contributed by atoms with van der Waals surface area (Å²) in [5.74, 6) is 3.06. The second-order valence-electron chi connectivity index (χ2n) is 6.41. The molecule has 2 aliphatic rings. The molecule has 3 rings (SSSR count). The molecule has 6 heteroatoms. The minimum atomic E-state index is 0.132. The molecular formula is C19H26N2O3S. The van der Waals surface area contributed by atoms with E-state index in [1.807, 2.05) is 24.3 Å². The number of likely N-dealkylation sites (tertiary alicyclic amines) is 1. The van der Waals surface area contributed by atoms with Gasteiger partial charge in [-0.1, -0.05) is 6.08 Å². The van der Waals surface area contributed by atoms with Crippen LogP contribution >= 0.6 is 11.8 Å². The van der Waals surface area contributed by atoms with E-state index < -0.39 is 0 Å². The van der Waals surface area contributed by atoms with Gasteiger partial charge in [-0.25, -0.2) is 0 Å². The van der Waals surface area contributed by atoms with Gasteiger partial charge in [0.1, 0.15) is 13.2 Å². The Balaban J connectivity index is 1.33. The molecule has 0 radical (unpaired) electrons. The molecule has 136 valence electrons. The van der Waals surface area contributed by atoms with Crippen molar-refractivity contribution in [2.45, 2.75) is 17.7 Å². The first-order valence-electron chi connectivity index (χ1n) is 8.87. The largest absolute Gasteiger partial charge is 0.486 e. The van der Waals surface area contributed by atoms with Crippen LogP contribution in [0, 0.1) is 5.92 Å². The van der Waals surface area contributed by atoms with E-state index >= 15 is 0 Å². The maximum Gasteiger partial charge on any atom is 0.220 e. The van der Waals surface area contributed by atoms with Crippen LogP contribution in [0.1, 0.15) is 12.8 Å². The Morgan fingerprint density at radius 3 is 3.04 bits per heavy atom. The quantitative estimate of drug-likeness (QED) is 0.569. The van der Waals surface area contributed by atoms with Crippen molar-refractivity contribution in [1.82, 2.24) is 10.2 Å². The van der Waals surface area contributed by atoms with E-state index in [2.05, 4.69) is 16.8 Å². The second kappa shape index (κ2) is 9.15. The molecule has 1 unspecified atom stereocenters. The molecule has 0 bridgehead atoms. The zero-order valence-electron chi connectivity index (χ0n) is 14.5. The van der Waals surface area contributed by atoms with Gasteiger partial charge in [0, 0.05) is 36.7 Å². The standard InChI is InChI=1S/C19H26N2O3S/c1-2-7-21-8-5-15(14-21)13-20-19(22)6-11-25-16-3-4-17-18(12-16)24-10-9-23-17/h2-4,12,15H,1,5-11,13-14H2,(H,20,22). The number of fused-ring (bicyclic) bond motifs is 1. The molecule has 1 amide bonds. The summed E-state index contributed by atoms with van der Waals surface area (Å²) in [4.78, 5) is 15.5. The van der Waals surface area contributed by atoms with Gasteiger partial charge < -0.3 is 14.8 Å². The Morgan fingerprint density at radius 1 is 1.36 bits per heavy atom. The summed E-state index contributed by atoms with van der Waals surface area (Å²) in [5, 5.41) is 3.07. The molecule has 5 nitrogen and oxygen atoms in total. The second-order valence-corrected chi connectivity index (χ2v) is 7.58. The molecule has 2 aliphatic heterocycles. The van der Waals surface area contributed by atoms with Gasteiger partial charge in [-0.05, 0) is 37.1 Å². The Hall–Kier alpha value is -1.66. The number of amides is 1. The lowest BCUT2D eigenvalue weighted by Crippen LogP contribution is -2.31. The van der Waals surface area contributed by atoms with Gasteiger partial charge in [0.05, 0.1) is 0 Å². The summed E-state index contributed by atoms with van der Waals surface area (Å²) in [5.41, 5.74) is 0. The van der Waals surface area contributed by atoms with Crippen LogP contribution in [-0.2, 0) is 4.79 Å². The van der Waals surface area contributed by atoms with E-state index in [4.69, 9.17) is 9.47 Å². The van der Waals surface area contributed by atoms with Crippen LogP contribution in [0.25, 0.3) is 0 Å². The fourth-order valence-corrected chi connectivity index (χ4v) is 4.03. The van der Waals surface area contributed by atoms with Crippen molar-refractivity contribution in [2.75, 3.05) is 45.1 Å². The van der Waals surface area contributed by atoms with Crippen molar-refractivity contribution >= 4 is 17.7 Å². The molecule has 0 spiro atoms. The molecule has 0 aliphatic carbocycles. The van der Waals surface area contributed by atoms with E-state index in [9.17, 15) is 4.79 Å². The highest BCUT2D eigenvalue weighted by atomic mass is 32.2. The number of thioether (sulfide) groups is 1. The van der Waals surface area contributed by atoms with Crippen LogP contribution in [0.4, 0.5) is 0 Å². The number of hydrogen-bond acceptors (Lipinski definition) is 5. The average molecular weight is 362 g/mol. The number of rotatable bonds is 8. The first kappa shape index (κ1) is 18.1. The Bertz CT molecular complexity index is 608. The van der Waals surface area contributed by atoms with Gasteiger partial charge in [0.15, 0.2) is 11.5 Å². The van der Waals surface area contributed by atoms with Gasteiger partial charge in [0.25, 0.3) is 0 Å². The molecule has 2 heterocycles. The lowest BCUT2D eigenvalue weighted by atomic mass is 10.1. The maximum absolute atomic E-state index is 12.0. The van der Waals surface area contributed by atoms with Crippen molar-refractivity contribution in [3.05, 3.63) is 30.9 Å². The lowest BCUT2D eigenvalue weighted by Gasteiger charge is -2.18. The number of benzene rings is 1. The highest BCUT2D eigenvalue weighted by Crippen LogP contribution is 2.34. The number of hydrogen-bond donors (Lipinski definition) is 1. The Kier molecular flexibility index (Phi) is 6.64. The number of carbonyl (C=O) groups is 1. The highest BCUT2D eigenvalue weighted by Gasteiger charge is 2.21. The zero-order valence-corrected chi connectivity index (χ0v) is 15.4. The number of carbonyl (C=O) groups excluding carboxylic acids is 1. The molecule has 1 aromatic carbocycles. The summed E-state index contributed by atoms with van der Waals surface area (Å²) < 4.78 is 11.1. The fourth-order valence-electron chi connectivity index (χ4n) is 3.15. The predicted molar refractivity (Wildman–Crippen MR) is 101 cm³/mol. The van der Waals surface area contributed by atoms with Crippen molar-refractivity contribution < 1.29 is 14.3 Å². The molecule has 1 aromatic rings. The van der Waals surface area contributed by atoms with Gasteiger partial charge in [-0.15, -0.1) is 18.3 Å². The minimum absolute atomic E-state index is 0.132. The van der Waals surface area contributed by atoms with Gasteiger partial charge in [-0.2, -0.15) is 0 Å². The predicted octanol–water partition coefficient (Wildman–Crippen LogP) is 2.56. The maximum atomic E-state index is 12.0. The Morgan fingerprint density at radius 2 is 2.20 bits per heavy atom. The van der Waals surface area contributed by atoms with Crippen LogP contribution < -0.4 is 14.8 Å². The first-order chi connectivity index (χ1) is 12.2. The molecule has 0 aromatic heterocycles. The smallest absolute Gasteiger partial charge is 0.220 e. The minimum Gasteiger partial charge on any atom is -0.486 e. The van der Waals surface area contributed by atoms with Gasteiger partial charge in [0.2, 0.25) is 5.91 Å². The van der Waals surface area contributed by atoms with E-state index in [-0.39, 0.29) is 5.91 Å². The fraction of sp³-hybridized carbons (Fsp3) is 0.526. The van der Waals surface area contributed by atoms with Crippen molar-refractivity contribution in [2.24, 2.45) is 5.92 Å². The summed E-state index contributed by atoms with van der Waals surface area (Å²) in [6, 6.07) is 5.94. The molecule has 0 saturated carbocycles. The van der Waals surface area contributed by atoms with Crippen LogP contribution in [0.3, 0.4) is 0 Å². The molecular weight excluding hydrogens is 336 g/mol. The first-order valence-corrected chi connectivity index (χ1v) is 9.85. The SMILES string of the molecule is C=CCN1CCC(CNC(=O)CCSc2ccc3c(c2)OCCO3)C1. The number of ether oxygens (including phenoxy) is 2. The normalized spacial score (nSPS) is 19.6. The summed E-state index contributed by atoms with van der Waals surface area (Å²) in [7, 11) is 0. The van der Waals surface area contributed by atoms with Gasteiger partial charge in [-0.3, -0.25) is 9.69 Å². The third-order valence-corrected chi connectivity index (χ3v) is 5.45. The topological polar surface area (TPSA) is 50.8 Å². The van der Waals surface area contributed by atoms with E-state index in [0.717, 1.165) is 54.7 Å². The monoisotopic (exact) mass is 362 g/mol. The lowest BCUT2D eigenvalue weighted by molar-refractivity contribution is -0.120. The van der Waals surface area contributed by atoms with E-state index in [1.54, 1.807) is 11.8 Å². The molecule has 1 atom stereocenters. The van der Waals surface area contributed by atoms with Crippen molar-refractivity contribution in [1.29, 1.82) is 0 Å². The van der Waals surface area contributed by atoms with E-state index in [0.29, 0.717) is 25.6 Å². The van der Waals surface area contributed by atoms with Gasteiger partial charge >= 0.3 is 0 Å². The molecule has 1 N–H and O–H groups in total. The van der Waals surface area contributed by atoms with Crippen molar-refractivity contribution in [3.63, 3.8) is 0 Å². The van der Waals surface area contributed by atoms with Crippen LogP contribution in [0.5, 0.6) is 11.5 Å². The highest BCUT2D eigenvalue weighted by molar-refractivity contribution is 7.99. The van der Waals surface area contributed by atoms with Crippen LogP contribution in [0.2, 0.25) is 0 Å². The molecule has 1 saturated heterocycles. The summed E-state index contributed by atoms with van der Waals surface area (Å²) in [6.07, 6.45) is 3.62. The third kappa shape index (κ3) is 5.41. The zero-order chi connectivity index (χ0) is 17.5. The van der Waals surface area contributed by atoms with Crippen LogP contribution in [0.15, 0.2) is 35.7 Å².